The fraction of sp³-hybridized carbons (Fsp3) is 0.714. The van der Waals surface area contributed by atoms with E-state index in [1.54, 1.807) is 0 Å². The van der Waals surface area contributed by atoms with Gasteiger partial charge in [0.1, 0.15) is 12.6 Å². The summed E-state index contributed by atoms with van der Waals surface area (Å²) in [6, 6.07) is -0.669. The minimum Gasteiger partial charge on any atom is -0.464 e. The molecule has 0 aliphatic rings. The number of nitrogens with one attached hydrogen (secondary N) is 1. The fourth-order valence-corrected chi connectivity index (χ4v) is 2.55. The number of ether oxygens (including phenoxy) is 2. The normalized spacial score (nSPS) is 11.7. The first-order valence-corrected chi connectivity index (χ1v) is 9.83. The van der Waals surface area contributed by atoms with Gasteiger partial charge in [0, 0.05) is 0 Å². The van der Waals surface area contributed by atoms with E-state index in [1.807, 2.05) is 19.9 Å². The van der Waals surface area contributed by atoms with Gasteiger partial charge in [0.25, 0.3) is 0 Å². The number of hydrogen-bond acceptors (Lipinski definition) is 4. The van der Waals surface area contributed by atoms with Gasteiger partial charge in [-0.2, -0.15) is 0 Å². The highest BCUT2D eigenvalue weighted by Gasteiger charge is 2.23. The Labute approximate surface area is 159 Å². The molecular weight excluding hydrogens is 330 g/mol. The average molecular weight is 368 g/mol. The molecular formula is C21H37NO4. The molecule has 0 saturated carbocycles. The van der Waals surface area contributed by atoms with Gasteiger partial charge in [0.05, 0.1) is 6.61 Å². The van der Waals surface area contributed by atoms with E-state index in [9.17, 15) is 9.59 Å². The summed E-state index contributed by atoms with van der Waals surface area (Å²) in [5.41, 5.74) is 0. The summed E-state index contributed by atoms with van der Waals surface area (Å²) in [7, 11) is 0. The van der Waals surface area contributed by atoms with Crippen LogP contribution in [0.3, 0.4) is 0 Å². The van der Waals surface area contributed by atoms with Crippen LogP contribution in [0.1, 0.15) is 71.6 Å². The number of esters is 1. The molecule has 0 saturated heterocycles. The Balaban J connectivity index is 3.93. The summed E-state index contributed by atoms with van der Waals surface area (Å²) in [4.78, 5) is 23.8. The topological polar surface area (TPSA) is 64.6 Å². The Morgan fingerprint density at radius 2 is 1.54 bits per heavy atom. The zero-order valence-electron chi connectivity index (χ0n) is 16.6. The molecule has 5 nitrogen and oxygen atoms in total. The van der Waals surface area contributed by atoms with Crippen molar-refractivity contribution in [2.45, 2.75) is 77.7 Å². The first kappa shape index (κ1) is 24.2. The predicted octanol–water partition coefficient (Wildman–Crippen LogP) is 5.16. The van der Waals surface area contributed by atoms with E-state index in [0.29, 0.717) is 13.0 Å². The maximum Gasteiger partial charge on any atom is 0.408 e. The van der Waals surface area contributed by atoms with E-state index in [1.165, 1.54) is 31.8 Å². The van der Waals surface area contributed by atoms with Gasteiger partial charge in [-0.15, -0.1) is 6.58 Å². The quantitative estimate of drug-likeness (QED) is 0.232. The van der Waals surface area contributed by atoms with Crippen molar-refractivity contribution in [3.8, 4) is 0 Å². The summed E-state index contributed by atoms with van der Waals surface area (Å²) < 4.78 is 10.2. The smallest absolute Gasteiger partial charge is 0.408 e. The monoisotopic (exact) mass is 367 g/mol. The van der Waals surface area contributed by atoms with Crippen LogP contribution in [0.2, 0.25) is 0 Å². The number of hydrogen-bond donors (Lipinski definition) is 1. The second-order valence-electron chi connectivity index (χ2n) is 6.93. The molecule has 0 aromatic carbocycles. The maximum atomic E-state index is 12.2. The summed E-state index contributed by atoms with van der Waals surface area (Å²) in [6.07, 6.45) is 12.5. The largest absolute Gasteiger partial charge is 0.464 e. The molecule has 1 amide bonds. The van der Waals surface area contributed by atoms with Crippen molar-refractivity contribution >= 4 is 12.1 Å². The van der Waals surface area contributed by atoms with Crippen LogP contribution in [-0.4, -0.2) is 31.3 Å². The van der Waals surface area contributed by atoms with Gasteiger partial charge in [-0.1, -0.05) is 64.7 Å². The lowest BCUT2D eigenvalue weighted by molar-refractivity contribution is -0.146. The summed E-state index contributed by atoms with van der Waals surface area (Å²) in [5.74, 6) is -0.132. The molecule has 0 heterocycles. The van der Waals surface area contributed by atoms with Crippen molar-refractivity contribution < 1.29 is 19.1 Å². The minimum atomic E-state index is -0.669. The van der Waals surface area contributed by atoms with Crippen LogP contribution < -0.4 is 5.32 Å². The van der Waals surface area contributed by atoms with Crippen LogP contribution in [-0.2, 0) is 14.3 Å². The van der Waals surface area contributed by atoms with E-state index in [0.717, 1.165) is 25.7 Å². The second-order valence-corrected chi connectivity index (χ2v) is 6.93. The Bertz CT molecular complexity index is 407. The summed E-state index contributed by atoms with van der Waals surface area (Å²) in [6.45, 7) is 11.7. The lowest BCUT2D eigenvalue weighted by Crippen LogP contribution is -2.43. The molecule has 1 unspecified atom stereocenters. The number of rotatable bonds is 16. The van der Waals surface area contributed by atoms with Gasteiger partial charge in [0.15, 0.2) is 0 Å². The molecule has 0 fully saturated rings. The fourth-order valence-electron chi connectivity index (χ4n) is 2.55. The molecule has 0 bridgehead atoms. The lowest BCUT2D eigenvalue weighted by Gasteiger charge is -2.19. The molecule has 0 aliphatic heterocycles. The van der Waals surface area contributed by atoms with E-state index in [-0.39, 0.29) is 12.5 Å². The number of unbranched alkanes of at least 4 members (excludes halogenated alkanes) is 7. The van der Waals surface area contributed by atoms with E-state index in [2.05, 4.69) is 18.5 Å². The molecule has 0 rings (SSSR count). The molecule has 1 N–H and O–H groups in total. The highest BCUT2D eigenvalue weighted by molar-refractivity contribution is 5.81. The van der Waals surface area contributed by atoms with Crippen LogP contribution >= 0.6 is 0 Å². The maximum absolute atomic E-state index is 12.2. The Morgan fingerprint density at radius 1 is 0.923 bits per heavy atom. The standard InChI is InChI=1S/C21H37NO4/c1-5-7-8-9-10-11-12-13-14-16-25-20(23)19(17-18(3)4)22-21(24)26-15-6-2/h5-6,18-19H,1-2,7-17H2,3-4H3,(H,22,24). The molecule has 26 heavy (non-hydrogen) atoms. The van der Waals surface area contributed by atoms with Crippen LogP contribution in [0.4, 0.5) is 4.79 Å². The Morgan fingerprint density at radius 3 is 2.12 bits per heavy atom. The van der Waals surface area contributed by atoms with Gasteiger partial charge in [0.2, 0.25) is 0 Å². The number of amides is 1. The number of allylic oxidation sites excluding steroid dienone is 1. The molecule has 150 valence electrons. The molecule has 0 aromatic rings. The highest BCUT2D eigenvalue weighted by atomic mass is 16.6. The van der Waals surface area contributed by atoms with E-state index >= 15 is 0 Å². The van der Waals surface area contributed by atoms with Gasteiger partial charge in [-0.05, 0) is 31.6 Å². The predicted molar refractivity (Wildman–Crippen MR) is 106 cm³/mol. The van der Waals surface area contributed by atoms with Crippen molar-refractivity contribution in [3.63, 3.8) is 0 Å². The van der Waals surface area contributed by atoms with Gasteiger partial charge < -0.3 is 14.8 Å². The lowest BCUT2D eigenvalue weighted by atomic mass is 10.0. The minimum absolute atomic E-state index is 0.114. The van der Waals surface area contributed by atoms with Crippen molar-refractivity contribution in [3.05, 3.63) is 25.3 Å². The summed E-state index contributed by atoms with van der Waals surface area (Å²) >= 11 is 0. The van der Waals surface area contributed by atoms with Gasteiger partial charge in [-0.25, -0.2) is 9.59 Å². The first-order chi connectivity index (χ1) is 12.5. The van der Waals surface area contributed by atoms with Crippen LogP contribution in [0, 0.1) is 5.92 Å². The number of alkyl carbamates (subject to hydrolysis) is 1. The third-order valence-electron chi connectivity index (χ3n) is 3.91. The van der Waals surface area contributed by atoms with Crippen molar-refractivity contribution in [2.75, 3.05) is 13.2 Å². The van der Waals surface area contributed by atoms with Crippen LogP contribution in [0.15, 0.2) is 25.3 Å². The Kier molecular flexibility index (Phi) is 15.5. The van der Waals surface area contributed by atoms with Crippen molar-refractivity contribution in [1.29, 1.82) is 0 Å². The summed E-state index contributed by atoms with van der Waals surface area (Å²) in [5, 5.41) is 2.58. The van der Waals surface area contributed by atoms with Crippen LogP contribution in [0.5, 0.6) is 0 Å². The van der Waals surface area contributed by atoms with E-state index < -0.39 is 18.1 Å². The van der Waals surface area contributed by atoms with Crippen molar-refractivity contribution in [1.82, 2.24) is 5.32 Å². The molecule has 1 atom stereocenters. The molecule has 0 radical (unpaired) electrons. The van der Waals surface area contributed by atoms with Crippen molar-refractivity contribution in [2.24, 2.45) is 5.92 Å². The first-order valence-electron chi connectivity index (χ1n) is 9.83. The number of carbonyl (C=O) groups is 2. The third kappa shape index (κ3) is 14.6. The highest BCUT2D eigenvalue weighted by Crippen LogP contribution is 2.10. The Hall–Kier alpha value is -1.78. The van der Waals surface area contributed by atoms with E-state index in [4.69, 9.17) is 9.47 Å². The zero-order valence-corrected chi connectivity index (χ0v) is 16.6. The number of carbonyl (C=O) groups excluding carboxylic acids is 2. The molecule has 0 spiro atoms. The molecule has 0 aromatic heterocycles. The third-order valence-corrected chi connectivity index (χ3v) is 3.91. The zero-order chi connectivity index (χ0) is 19.6. The SMILES string of the molecule is C=CCCCCCCCCCOC(=O)C(CC(C)C)NC(=O)OCC=C. The molecule has 5 heteroatoms. The molecule has 0 aliphatic carbocycles. The van der Waals surface area contributed by atoms with Crippen LogP contribution in [0.25, 0.3) is 0 Å². The van der Waals surface area contributed by atoms with Gasteiger partial charge >= 0.3 is 12.1 Å². The second kappa shape index (κ2) is 16.7. The van der Waals surface area contributed by atoms with Gasteiger partial charge in [-0.3, -0.25) is 0 Å². The average Bonchev–Trinajstić information content (AvgIpc) is 2.60.